The number of carboxylic acids is 1. The quantitative estimate of drug-likeness (QED) is 0.638. The molecule has 0 saturated heterocycles. The monoisotopic (exact) mass is 200 g/mol. The van der Waals surface area contributed by atoms with Gasteiger partial charge in [-0.1, -0.05) is 0 Å². The van der Waals surface area contributed by atoms with E-state index in [2.05, 4.69) is 25.3 Å². The molecule has 64 valence electrons. The van der Waals surface area contributed by atoms with Gasteiger partial charge in [-0.3, -0.25) is 4.79 Å². The molecule has 1 aromatic carbocycles. The molecule has 0 heterocycles. The van der Waals surface area contributed by atoms with E-state index < -0.39 is 5.97 Å². The Morgan fingerprint density at radius 3 is 2.67 bits per heavy atom. The average Bonchev–Trinajstić information content (AvgIpc) is 1.96. The lowest BCUT2D eigenvalue weighted by Crippen LogP contribution is -2.00. The SMILES string of the molecule is O=C(O)Cc1cc(S)ccc1S. The summed E-state index contributed by atoms with van der Waals surface area (Å²) in [4.78, 5) is 11.8. The van der Waals surface area contributed by atoms with E-state index in [0.29, 0.717) is 10.5 Å². The van der Waals surface area contributed by atoms with Crippen molar-refractivity contribution in [3.05, 3.63) is 23.8 Å². The largest absolute Gasteiger partial charge is 0.481 e. The summed E-state index contributed by atoms with van der Waals surface area (Å²) in [5, 5.41) is 8.52. The Hall–Kier alpha value is -0.610. The van der Waals surface area contributed by atoms with E-state index in [1.165, 1.54) is 0 Å². The molecule has 1 rings (SSSR count). The molecular formula is C8H8O2S2. The summed E-state index contributed by atoms with van der Waals surface area (Å²) in [5.74, 6) is -0.857. The number of rotatable bonds is 2. The van der Waals surface area contributed by atoms with Crippen LogP contribution in [-0.4, -0.2) is 11.1 Å². The average molecular weight is 200 g/mol. The van der Waals surface area contributed by atoms with Crippen LogP contribution in [0.2, 0.25) is 0 Å². The van der Waals surface area contributed by atoms with E-state index in [-0.39, 0.29) is 6.42 Å². The van der Waals surface area contributed by atoms with Crippen molar-refractivity contribution in [1.29, 1.82) is 0 Å². The van der Waals surface area contributed by atoms with Gasteiger partial charge in [0.05, 0.1) is 6.42 Å². The molecule has 0 aliphatic heterocycles. The lowest BCUT2D eigenvalue weighted by atomic mass is 10.1. The Morgan fingerprint density at radius 2 is 2.08 bits per heavy atom. The molecule has 0 unspecified atom stereocenters. The van der Waals surface area contributed by atoms with Crippen molar-refractivity contribution in [2.75, 3.05) is 0 Å². The minimum atomic E-state index is -0.857. The molecule has 0 amide bonds. The van der Waals surface area contributed by atoms with E-state index >= 15 is 0 Å². The minimum absolute atomic E-state index is 0.00671. The molecule has 2 nitrogen and oxygen atoms in total. The Balaban J connectivity index is 2.97. The Bertz CT molecular complexity index is 310. The Morgan fingerprint density at radius 1 is 1.42 bits per heavy atom. The van der Waals surface area contributed by atoms with Crippen LogP contribution >= 0.6 is 25.3 Å². The van der Waals surface area contributed by atoms with Crippen LogP contribution in [0.5, 0.6) is 0 Å². The van der Waals surface area contributed by atoms with E-state index in [1.807, 2.05) is 0 Å². The zero-order valence-electron chi connectivity index (χ0n) is 6.19. The number of benzene rings is 1. The number of aliphatic carboxylic acids is 1. The highest BCUT2D eigenvalue weighted by Crippen LogP contribution is 2.18. The highest BCUT2D eigenvalue weighted by atomic mass is 32.1. The van der Waals surface area contributed by atoms with E-state index in [4.69, 9.17) is 5.11 Å². The normalized spacial score (nSPS) is 9.83. The summed E-state index contributed by atoms with van der Waals surface area (Å²) < 4.78 is 0. The van der Waals surface area contributed by atoms with Crippen molar-refractivity contribution in [3.63, 3.8) is 0 Å². The maximum atomic E-state index is 10.4. The second-order valence-corrected chi connectivity index (χ2v) is 3.38. The standard InChI is InChI=1S/C8H8O2S2/c9-8(10)4-5-3-6(11)1-2-7(5)12/h1-3,11-12H,4H2,(H,9,10). The summed E-state index contributed by atoms with van der Waals surface area (Å²) in [5.41, 5.74) is 0.693. The lowest BCUT2D eigenvalue weighted by Gasteiger charge is -2.01. The molecule has 0 aliphatic carbocycles. The van der Waals surface area contributed by atoms with Crippen LogP contribution in [0.4, 0.5) is 0 Å². The highest BCUT2D eigenvalue weighted by molar-refractivity contribution is 7.80. The predicted octanol–water partition coefficient (Wildman–Crippen LogP) is 1.89. The van der Waals surface area contributed by atoms with Crippen molar-refractivity contribution < 1.29 is 9.90 Å². The number of hydrogen-bond acceptors (Lipinski definition) is 3. The van der Waals surface area contributed by atoms with E-state index in [9.17, 15) is 4.79 Å². The van der Waals surface area contributed by atoms with Crippen LogP contribution in [0.25, 0.3) is 0 Å². The zero-order chi connectivity index (χ0) is 9.14. The van der Waals surface area contributed by atoms with Crippen molar-refractivity contribution in [3.8, 4) is 0 Å². The van der Waals surface area contributed by atoms with Gasteiger partial charge in [0.15, 0.2) is 0 Å². The molecule has 0 spiro atoms. The Kier molecular flexibility index (Phi) is 3.05. The molecule has 0 atom stereocenters. The molecule has 0 fully saturated rings. The first-order valence-electron chi connectivity index (χ1n) is 3.32. The van der Waals surface area contributed by atoms with Gasteiger partial charge in [0.2, 0.25) is 0 Å². The maximum absolute atomic E-state index is 10.4. The molecule has 0 aromatic heterocycles. The maximum Gasteiger partial charge on any atom is 0.307 e. The summed E-state index contributed by atoms with van der Waals surface area (Å²) in [6, 6.07) is 5.22. The van der Waals surface area contributed by atoms with Crippen molar-refractivity contribution in [1.82, 2.24) is 0 Å². The minimum Gasteiger partial charge on any atom is -0.481 e. The van der Waals surface area contributed by atoms with Crippen LogP contribution in [0.3, 0.4) is 0 Å². The molecular weight excluding hydrogens is 192 g/mol. The fourth-order valence-electron chi connectivity index (χ4n) is 0.876. The number of carboxylic acid groups (broad SMARTS) is 1. The molecule has 0 radical (unpaired) electrons. The topological polar surface area (TPSA) is 37.3 Å². The third-order valence-corrected chi connectivity index (χ3v) is 2.12. The second-order valence-electron chi connectivity index (χ2n) is 2.38. The third-order valence-electron chi connectivity index (χ3n) is 1.40. The first kappa shape index (κ1) is 9.48. The van der Waals surface area contributed by atoms with Gasteiger partial charge in [-0.25, -0.2) is 0 Å². The zero-order valence-corrected chi connectivity index (χ0v) is 7.98. The molecule has 12 heavy (non-hydrogen) atoms. The first-order valence-corrected chi connectivity index (χ1v) is 4.21. The summed E-state index contributed by atoms with van der Waals surface area (Å²) >= 11 is 8.22. The van der Waals surface area contributed by atoms with Crippen molar-refractivity contribution >= 4 is 31.2 Å². The summed E-state index contributed by atoms with van der Waals surface area (Å²) in [6.45, 7) is 0. The molecule has 1 N–H and O–H groups in total. The highest BCUT2D eigenvalue weighted by Gasteiger charge is 2.04. The number of carbonyl (C=O) groups is 1. The molecule has 1 aromatic rings. The summed E-state index contributed by atoms with van der Waals surface area (Å²) in [7, 11) is 0. The van der Waals surface area contributed by atoms with E-state index in [1.54, 1.807) is 18.2 Å². The Labute approximate surface area is 81.4 Å². The smallest absolute Gasteiger partial charge is 0.307 e. The van der Waals surface area contributed by atoms with Gasteiger partial charge in [-0.05, 0) is 23.8 Å². The van der Waals surface area contributed by atoms with Gasteiger partial charge in [0, 0.05) is 9.79 Å². The van der Waals surface area contributed by atoms with Gasteiger partial charge in [-0.15, -0.1) is 25.3 Å². The number of thiol groups is 2. The fraction of sp³-hybridized carbons (Fsp3) is 0.125. The van der Waals surface area contributed by atoms with Gasteiger partial charge >= 0.3 is 5.97 Å². The van der Waals surface area contributed by atoms with Gasteiger partial charge in [-0.2, -0.15) is 0 Å². The van der Waals surface area contributed by atoms with Gasteiger partial charge < -0.3 is 5.11 Å². The van der Waals surface area contributed by atoms with Gasteiger partial charge in [0.1, 0.15) is 0 Å². The van der Waals surface area contributed by atoms with Crippen LogP contribution < -0.4 is 0 Å². The van der Waals surface area contributed by atoms with Crippen LogP contribution in [-0.2, 0) is 11.2 Å². The van der Waals surface area contributed by atoms with Gasteiger partial charge in [0.25, 0.3) is 0 Å². The van der Waals surface area contributed by atoms with Crippen LogP contribution in [0.1, 0.15) is 5.56 Å². The van der Waals surface area contributed by atoms with Crippen molar-refractivity contribution in [2.24, 2.45) is 0 Å². The molecule has 0 aliphatic rings. The third kappa shape index (κ3) is 2.46. The van der Waals surface area contributed by atoms with E-state index in [0.717, 1.165) is 4.90 Å². The van der Waals surface area contributed by atoms with Crippen molar-refractivity contribution in [2.45, 2.75) is 16.2 Å². The predicted molar refractivity (Wildman–Crippen MR) is 52.3 cm³/mol. The first-order chi connectivity index (χ1) is 5.59. The summed E-state index contributed by atoms with van der Waals surface area (Å²) in [6.07, 6.45) is -0.00671. The fourth-order valence-corrected chi connectivity index (χ4v) is 1.32. The molecule has 0 saturated carbocycles. The lowest BCUT2D eigenvalue weighted by molar-refractivity contribution is -0.136. The molecule has 0 bridgehead atoms. The number of hydrogen-bond donors (Lipinski definition) is 3. The second kappa shape index (κ2) is 3.87. The van der Waals surface area contributed by atoms with Crippen LogP contribution in [0.15, 0.2) is 28.0 Å². The van der Waals surface area contributed by atoms with Crippen LogP contribution in [0, 0.1) is 0 Å². The molecule has 4 heteroatoms.